The lowest BCUT2D eigenvalue weighted by Gasteiger charge is -2.52. The van der Waals surface area contributed by atoms with Gasteiger partial charge in [0, 0.05) is 5.41 Å². The third-order valence-corrected chi connectivity index (χ3v) is 4.02. The van der Waals surface area contributed by atoms with Crippen LogP contribution in [-0.2, 0) is 5.41 Å². The topological polar surface area (TPSA) is 0 Å². The molecule has 1 heteroatoms. The van der Waals surface area contributed by atoms with Crippen LogP contribution in [0.2, 0.25) is 0 Å². The summed E-state index contributed by atoms with van der Waals surface area (Å²) in [6.07, 6.45) is 3.66. The van der Waals surface area contributed by atoms with Crippen molar-refractivity contribution < 1.29 is 4.39 Å². The molecule has 0 nitrogen and oxygen atoms in total. The number of hydrogen-bond acceptors (Lipinski definition) is 0. The minimum Gasteiger partial charge on any atom is -0.207 e. The van der Waals surface area contributed by atoms with Gasteiger partial charge >= 0.3 is 0 Å². The zero-order valence-electron chi connectivity index (χ0n) is 9.81. The standard InChI is InChI=1S/C14H19F/c1-13(2,3)14(8-5-9-14)11-6-4-7-12(15)10-11/h4,6-7,10H,5,8-9H2,1-3H3. The van der Waals surface area contributed by atoms with Gasteiger partial charge in [-0.25, -0.2) is 4.39 Å². The molecule has 0 heterocycles. The summed E-state index contributed by atoms with van der Waals surface area (Å²) in [4.78, 5) is 0. The Balaban J connectivity index is 2.43. The van der Waals surface area contributed by atoms with Gasteiger partial charge in [0.15, 0.2) is 0 Å². The Morgan fingerprint density at radius 3 is 2.27 bits per heavy atom. The van der Waals surface area contributed by atoms with Crippen LogP contribution in [0.4, 0.5) is 4.39 Å². The van der Waals surface area contributed by atoms with Crippen molar-refractivity contribution in [2.24, 2.45) is 5.41 Å². The number of benzene rings is 1. The van der Waals surface area contributed by atoms with Crippen LogP contribution >= 0.6 is 0 Å². The monoisotopic (exact) mass is 206 g/mol. The van der Waals surface area contributed by atoms with Gasteiger partial charge < -0.3 is 0 Å². The minimum atomic E-state index is -0.108. The molecule has 0 spiro atoms. The van der Waals surface area contributed by atoms with Gasteiger partial charge in [-0.3, -0.25) is 0 Å². The van der Waals surface area contributed by atoms with Crippen LogP contribution < -0.4 is 0 Å². The molecular weight excluding hydrogens is 187 g/mol. The summed E-state index contributed by atoms with van der Waals surface area (Å²) < 4.78 is 13.2. The maximum absolute atomic E-state index is 13.2. The van der Waals surface area contributed by atoms with Crippen LogP contribution in [0.25, 0.3) is 0 Å². The molecule has 0 amide bonds. The maximum atomic E-state index is 13.2. The lowest BCUT2D eigenvalue weighted by atomic mass is 9.52. The fourth-order valence-corrected chi connectivity index (χ4v) is 2.79. The van der Waals surface area contributed by atoms with Gasteiger partial charge in [0.05, 0.1) is 0 Å². The van der Waals surface area contributed by atoms with Crippen molar-refractivity contribution in [2.45, 2.75) is 45.4 Å². The number of hydrogen-bond donors (Lipinski definition) is 0. The molecule has 0 aromatic heterocycles. The Morgan fingerprint density at radius 2 is 1.87 bits per heavy atom. The van der Waals surface area contributed by atoms with Crippen LogP contribution in [0.15, 0.2) is 24.3 Å². The van der Waals surface area contributed by atoms with Gasteiger partial charge in [0.2, 0.25) is 0 Å². The van der Waals surface area contributed by atoms with Gasteiger partial charge in [-0.1, -0.05) is 39.3 Å². The molecule has 0 radical (unpaired) electrons. The van der Waals surface area contributed by atoms with Crippen LogP contribution in [-0.4, -0.2) is 0 Å². The quantitative estimate of drug-likeness (QED) is 0.643. The predicted octanol–water partition coefficient (Wildman–Crippen LogP) is 4.29. The number of halogens is 1. The Bertz CT molecular complexity index is 356. The first-order chi connectivity index (χ1) is 6.96. The summed E-state index contributed by atoms with van der Waals surface area (Å²) >= 11 is 0. The average molecular weight is 206 g/mol. The van der Waals surface area contributed by atoms with Crippen LogP contribution in [0, 0.1) is 11.2 Å². The Hall–Kier alpha value is -0.850. The predicted molar refractivity (Wildman–Crippen MR) is 61.4 cm³/mol. The van der Waals surface area contributed by atoms with Crippen molar-refractivity contribution in [1.29, 1.82) is 0 Å². The Labute approximate surface area is 91.5 Å². The molecule has 82 valence electrons. The fraction of sp³-hybridized carbons (Fsp3) is 0.571. The molecule has 1 saturated carbocycles. The van der Waals surface area contributed by atoms with Gasteiger partial charge in [-0.15, -0.1) is 0 Å². The Kier molecular flexibility index (Phi) is 2.37. The average Bonchev–Trinajstić information content (AvgIpc) is 1.98. The van der Waals surface area contributed by atoms with Crippen LogP contribution in [0.3, 0.4) is 0 Å². The second-order valence-electron chi connectivity index (χ2n) is 5.70. The summed E-state index contributed by atoms with van der Waals surface area (Å²) in [5, 5.41) is 0. The molecular formula is C14H19F. The molecule has 2 rings (SSSR count). The third kappa shape index (κ3) is 1.58. The lowest BCUT2D eigenvalue weighted by molar-refractivity contribution is 0.0849. The van der Waals surface area contributed by atoms with Gasteiger partial charge in [-0.05, 0) is 36.0 Å². The summed E-state index contributed by atoms with van der Waals surface area (Å²) in [5.74, 6) is -0.108. The molecule has 1 aliphatic rings. The molecule has 15 heavy (non-hydrogen) atoms. The molecule has 1 fully saturated rings. The zero-order valence-corrected chi connectivity index (χ0v) is 9.81. The van der Waals surface area contributed by atoms with E-state index in [1.807, 2.05) is 6.07 Å². The van der Waals surface area contributed by atoms with E-state index in [9.17, 15) is 4.39 Å². The first-order valence-corrected chi connectivity index (χ1v) is 5.72. The fourth-order valence-electron chi connectivity index (χ4n) is 2.79. The van der Waals surface area contributed by atoms with Crippen molar-refractivity contribution in [3.05, 3.63) is 35.6 Å². The largest absolute Gasteiger partial charge is 0.207 e. The third-order valence-electron chi connectivity index (χ3n) is 4.02. The number of rotatable bonds is 1. The molecule has 0 aliphatic heterocycles. The minimum absolute atomic E-state index is 0.108. The smallest absolute Gasteiger partial charge is 0.123 e. The second kappa shape index (κ2) is 3.33. The highest BCUT2D eigenvalue weighted by molar-refractivity contribution is 5.31. The van der Waals surface area contributed by atoms with Gasteiger partial charge in [0.25, 0.3) is 0 Å². The second-order valence-corrected chi connectivity index (χ2v) is 5.70. The van der Waals surface area contributed by atoms with E-state index in [1.165, 1.54) is 30.9 Å². The SMILES string of the molecule is CC(C)(C)C1(c2cccc(F)c2)CCC1. The molecule has 0 atom stereocenters. The molecule has 0 bridgehead atoms. The van der Waals surface area contributed by atoms with E-state index in [4.69, 9.17) is 0 Å². The van der Waals surface area contributed by atoms with E-state index in [-0.39, 0.29) is 16.6 Å². The molecule has 0 N–H and O–H groups in total. The first kappa shape index (κ1) is 10.7. The molecule has 1 aliphatic carbocycles. The first-order valence-electron chi connectivity index (χ1n) is 5.72. The van der Waals surface area contributed by atoms with E-state index in [1.54, 1.807) is 6.07 Å². The van der Waals surface area contributed by atoms with Gasteiger partial charge in [0.1, 0.15) is 5.82 Å². The van der Waals surface area contributed by atoms with Crippen molar-refractivity contribution >= 4 is 0 Å². The van der Waals surface area contributed by atoms with Gasteiger partial charge in [-0.2, -0.15) is 0 Å². The molecule has 0 saturated heterocycles. The van der Waals surface area contributed by atoms with E-state index < -0.39 is 0 Å². The van der Waals surface area contributed by atoms with Crippen LogP contribution in [0.5, 0.6) is 0 Å². The van der Waals surface area contributed by atoms with Crippen LogP contribution in [0.1, 0.15) is 45.6 Å². The highest BCUT2D eigenvalue weighted by atomic mass is 19.1. The summed E-state index contributed by atoms with van der Waals surface area (Å²) in [6.45, 7) is 6.78. The molecule has 1 aromatic rings. The summed E-state index contributed by atoms with van der Waals surface area (Å²) in [7, 11) is 0. The van der Waals surface area contributed by atoms with Crippen molar-refractivity contribution in [2.75, 3.05) is 0 Å². The van der Waals surface area contributed by atoms with Crippen molar-refractivity contribution in [1.82, 2.24) is 0 Å². The molecule has 1 aromatic carbocycles. The van der Waals surface area contributed by atoms with E-state index in [2.05, 4.69) is 26.8 Å². The highest BCUT2D eigenvalue weighted by Gasteiger charge is 2.47. The summed E-state index contributed by atoms with van der Waals surface area (Å²) in [6, 6.07) is 7.15. The van der Waals surface area contributed by atoms with Crippen molar-refractivity contribution in [3.8, 4) is 0 Å². The Morgan fingerprint density at radius 1 is 1.20 bits per heavy atom. The van der Waals surface area contributed by atoms with E-state index in [0.717, 1.165) is 0 Å². The highest BCUT2D eigenvalue weighted by Crippen LogP contribution is 2.55. The lowest BCUT2D eigenvalue weighted by Crippen LogP contribution is -2.45. The van der Waals surface area contributed by atoms with E-state index >= 15 is 0 Å². The normalized spacial score (nSPS) is 19.7. The van der Waals surface area contributed by atoms with E-state index in [0.29, 0.717) is 0 Å². The van der Waals surface area contributed by atoms with Crippen molar-refractivity contribution in [3.63, 3.8) is 0 Å². The maximum Gasteiger partial charge on any atom is 0.123 e. The summed E-state index contributed by atoms with van der Waals surface area (Å²) in [5.41, 5.74) is 1.61. The molecule has 0 unspecified atom stereocenters. The zero-order chi connectivity index (χ0) is 11.1.